The number of hydrogen-bond acceptors (Lipinski definition) is 6. The average Bonchev–Trinajstić information content (AvgIpc) is 2.35. The summed E-state index contributed by atoms with van der Waals surface area (Å²) < 4.78 is 8.99. The fourth-order valence-electron chi connectivity index (χ4n) is 1.09. The van der Waals surface area contributed by atoms with Gasteiger partial charge in [0.25, 0.3) is 0 Å². The summed E-state index contributed by atoms with van der Waals surface area (Å²) in [5, 5.41) is 0. The molecule has 0 spiro atoms. The third-order valence-electron chi connectivity index (χ3n) is 2.34. The standard InChI is InChI=1S/C14H18O6/c1-6-10(14(18)20-13(17)9(4)5)7-11(15)19-12(16)8(2)3/h10H,2,4,6-7H2,1,3,5H3. The summed E-state index contributed by atoms with van der Waals surface area (Å²) in [5.41, 5.74) is 0.152. The molecule has 6 nitrogen and oxygen atoms in total. The lowest BCUT2D eigenvalue weighted by atomic mass is 10.0. The molecule has 20 heavy (non-hydrogen) atoms. The average molecular weight is 282 g/mol. The molecule has 0 bridgehead atoms. The van der Waals surface area contributed by atoms with Gasteiger partial charge in [-0.2, -0.15) is 0 Å². The summed E-state index contributed by atoms with van der Waals surface area (Å²) in [7, 11) is 0. The van der Waals surface area contributed by atoms with E-state index in [1.807, 2.05) is 0 Å². The van der Waals surface area contributed by atoms with E-state index in [1.165, 1.54) is 13.8 Å². The van der Waals surface area contributed by atoms with Crippen molar-refractivity contribution in [3.8, 4) is 0 Å². The van der Waals surface area contributed by atoms with Crippen LogP contribution < -0.4 is 0 Å². The van der Waals surface area contributed by atoms with E-state index in [9.17, 15) is 19.2 Å². The molecular formula is C14H18O6. The molecule has 0 aromatic heterocycles. The van der Waals surface area contributed by atoms with Crippen LogP contribution in [0.3, 0.4) is 0 Å². The minimum Gasteiger partial charge on any atom is -0.390 e. The Morgan fingerprint density at radius 2 is 1.40 bits per heavy atom. The number of carbonyl (C=O) groups is 4. The topological polar surface area (TPSA) is 86.7 Å². The van der Waals surface area contributed by atoms with Crippen molar-refractivity contribution in [3.63, 3.8) is 0 Å². The molecule has 0 aliphatic heterocycles. The second-order valence-electron chi connectivity index (χ2n) is 4.34. The fourth-order valence-corrected chi connectivity index (χ4v) is 1.09. The van der Waals surface area contributed by atoms with Gasteiger partial charge in [-0.25, -0.2) is 9.59 Å². The molecule has 0 aliphatic rings. The molecule has 0 saturated heterocycles. The minimum atomic E-state index is -0.871. The minimum absolute atomic E-state index is 0.0754. The number of rotatable bonds is 6. The molecule has 0 heterocycles. The highest BCUT2D eigenvalue weighted by Gasteiger charge is 2.26. The van der Waals surface area contributed by atoms with Gasteiger partial charge in [0.2, 0.25) is 0 Å². The van der Waals surface area contributed by atoms with E-state index >= 15 is 0 Å². The Morgan fingerprint density at radius 3 is 1.80 bits per heavy atom. The molecule has 0 aliphatic carbocycles. The first-order chi connectivity index (χ1) is 9.18. The predicted octanol–water partition coefficient (Wildman–Crippen LogP) is 1.69. The maximum absolute atomic E-state index is 11.6. The molecule has 0 aromatic rings. The fraction of sp³-hybridized carbons (Fsp3) is 0.429. The molecule has 0 radical (unpaired) electrons. The first-order valence-corrected chi connectivity index (χ1v) is 6.01. The highest BCUT2D eigenvalue weighted by atomic mass is 16.6. The van der Waals surface area contributed by atoms with Crippen LogP contribution in [0.2, 0.25) is 0 Å². The Kier molecular flexibility index (Phi) is 7.14. The van der Waals surface area contributed by atoms with E-state index in [0.717, 1.165) is 0 Å². The van der Waals surface area contributed by atoms with Gasteiger partial charge in [0, 0.05) is 11.1 Å². The van der Waals surface area contributed by atoms with Gasteiger partial charge in [0.15, 0.2) is 0 Å². The van der Waals surface area contributed by atoms with Crippen molar-refractivity contribution in [1.29, 1.82) is 0 Å². The van der Waals surface area contributed by atoms with E-state index in [-0.39, 0.29) is 24.0 Å². The summed E-state index contributed by atoms with van der Waals surface area (Å²) in [6.07, 6.45) is -0.0868. The molecule has 0 fully saturated rings. The summed E-state index contributed by atoms with van der Waals surface area (Å²) in [6.45, 7) is 11.1. The highest BCUT2D eigenvalue weighted by Crippen LogP contribution is 2.13. The number of carbonyl (C=O) groups excluding carboxylic acids is 4. The van der Waals surface area contributed by atoms with Gasteiger partial charge in [-0.3, -0.25) is 9.59 Å². The second-order valence-corrected chi connectivity index (χ2v) is 4.34. The van der Waals surface area contributed by atoms with Gasteiger partial charge in [-0.1, -0.05) is 20.1 Å². The van der Waals surface area contributed by atoms with Crippen LogP contribution in [0.4, 0.5) is 0 Å². The van der Waals surface area contributed by atoms with E-state index in [2.05, 4.69) is 22.6 Å². The second kappa shape index (κ2) is 8.04. The van der Waals surface area contributed by atoms with E-state index in [1.54, 1.807) is 6.92 Å². The lowest BCUT2D eigenvalue weighted by Crippen LogP contribution is -2.25. The van der Waals surface area contributed by atoms with Gasteiger partial charge in [0.05, 0.1) is 12.3 Å². The van der Waals surface area contributed by atoms with Crippen molar-refractivity contribution in [2.45, 2.75) is 33.6 Å². The Hall–Kier alpha value is -2.24. The number of esters is 4. The van der Waals surface area contributed by atoms with Gasteiger partial charge >= 0.3 is 23.9 Å². The molecule has 0 aromatic carbocycles. The van der Waals surface area contributed by atoms with Crippen LogP contribution >= 0.6 is 0 Å². The summed E-state index contributed by atoms with van der Waals surface area (Å²) >= 11 is 0. The van der Waals surface area contributed by atoms with Crippen molar-refractivity contribution >= 4 is 23.9 Å². The van der Waals surface area contributed by atoms with E-state index < -0.39 is 29.8 Å². The Balaban J connectivity index is 4.54. The zero-order valence-corrected chi connectivity index (χ0v) is 11.9. The van der Waals surface area contributed by atoms with Crippen LogP contribution in [0.25, 0.3) is 0 Å². The van der Waals surface area contributed by atoms with Crippen LogP contribution in [0, 0.1) is 5.92 Å². The Morgan fingerprint density at radius 1 is 0.950 bits per heavy atom. The van der Waals surface area contributed by atoms with Gasteiger partial charge < -0.3 is 9.47 Å². The van der Waals surface area contributed by atoms with Crippen LogP contribution in [0.1, 0.15) is 33.6 Å². The van der Waals surface area contributed by atoms with Crippen molar-refractivity contribution in [1.82, 2.24) is 0 Å². The Labute approximate surface area is 117 Å². The molecule has 6 heteroatoms. The van der Waals surface area contributed by atoms with Gasteiger partial charge in [-0.15, -0.1) is 0 Å². The van der Waals surface area contributed by atoms with Crippen molar-refractivity contribution < 1.29 is 28.7 Å². The zero-order chi connectivity index (χ0) is 15.9. The molecule has 0 amide bonds. The lowest BCUT2D eigenvalue weighted by Gasteiger charge is -2.12. The first kappa shape index (κ1) is 17.8. The summed E-state index contributed by atoms with van der Waals surface area (Å²) in [5.74, 6) is -4.27. The van der Waals surface area contributed by atoms with Crippen LogP contribution in [-0.4, -0.2) is 23.9 Å². The SMILES string of the molecule is C=C(C)C(=O)OC(=O)CC(CC)C(=O)OC(=O)C(=C)C. The van der Waals surface area contributed by atoms with Crippen molar-refractivity contribution in [3.05, 3.63) is 24.3 Å². The van der Waals surface area contributed by atoms with E-state index in [4.69, 9.17) is 0 Å². The molecule has 0 N–H and O–H groups in total. The van der Waals surface area contributed by atoms with E-state index in [0.29, 0.717) is 0 Å². The maximum atomic E-state index is 11.6. The third kappa shape index (κ3) is 6.08. The zero-order valence-electron chi connectivity index (χ0n) is 11.9. The monoisotopic (exact) mass is 282 g/mol. The van der Waals surface area contributed by atoms with Crippen molar-refractivity contribution in [2.24, 2.45) is 5.92 Å². The van der Waals surface area contributed by atoms with Crippen LogP contribution in [-0.2, 0) is 28.7 Å². The van der Waals surface area contributed by atoms with Gasteiger partial charge in [-0.05, 0) is 20.3 Å². The van der Waals surface area contributed by atoms with Gasteiger partial charge in [0.1, 0.15) is 0 Å². The molecular weight excluding hydrogens is 264 g/mol. The molecule has 110 valence electrons. The summed E-state index contributed by atoms with van der Waals surface area (Å²) in [4.78, 5) is 45.4. The van der Waals surface area contributed by atoms with Crippen molar-refractivity contribution in [2.75, 3.05) is 0 Å². The summed E-state index contributed by atoms with van der Waals surface area (Å²) in [6, 6.07) is 0. The van der Waals surface area contributed by atoms with Crippen LogP contribution in [0.5, 0.6) is 0 Å². The van der Waals surface area contributed by atoms with Crippen LogP contribution in [0.15, 0.2) is 24.3 Å². The highest BCUT2D eigenvalue weighted by molar-refractivity contribution is 5.98. The third-order valence-corrected chi connectivity index (χ3v) is 2.34. The predicted molar refractivity (Wildman–Crippen MR) is 70.2 cm³/mol. The molecule has 1 unspecified atom stereocenters. The normalized spacial score (nSPS) is 11.2. The molecule has 0 rings (SSSR count). The first-order valence-electron chi connectivity index (χ1n) is 6.01. The largest absolute Gasteiger partial charge is 0.390 e. The Bertz CT molecular complexity index is 460. The number of ether oxygens (including phenoxy) is 2. The molecule has 1 atom stereocenters. The smallest absolute Gasteiger partial charge is 0.340 e. The quantitative estimate of drug-likeness (QED) is 0.418. The number of hydrogen-bond donors (Lipinski definition) is 0. The maximum Gasteiger partial charge on any atom is 0.340 e. The molecule has 0 saturated carbocycles. The lowest BCUT2D eigenvalue weighted by molar-refractivity contribution is -0.165.